The Kier molecular flexibility index (Phi) is 5.81. The highest BCUT2D eigenvalue weighted by atomic mass is 15.1. The van der Waals surface area contributed by atoms with Gasteiger partial charge in [0.15, 0.2) is 0 Å². The van der Waals surface area contributed by atoms with Crippen molar-refractivity contribution >= 4 is 27.8 Å². The molecule has 6 aromatic rings. The summed E-state index contributed by atoms with van der Waals surface area (Å²) in [7, 11) is 0. The minimum atomic E-state index is 1.14. The standard InChI is InChI=1S/C35H27N/c1-26-10-5-8-17-35(26)36(31-22-18-28(19-23-31)27-11-3-2-4-12-27)32-24-20-30(21-25-32)34-16-9-14-29-13-6-7-15-33(29)34/h2-25H,1H3. The number of benzene rings is 6. The second kappa shape index (κ2) is 9.56. The quantitative estimate of drug-likeness (QED) is 0.247. The Bertz CT molecular complexity index is 1610. The fourth-order valence-corrected chi connectivity index (χ4v) is 4.94. The zero-order chi connectivity index (χ0) is 24.3. The Morgan fingerprint density at radius 1 is 0.417 bits per heavy atom. The van der Waals surface area contributed by atoms with E-state index in [1.54, 1.807) is 0 Å². The van der Waals surface area contributed by atoms with E-state index in [0.717, 1.165) is 11.4 Å². The number of rotatable bonds is 5. The predicted octanol–water partition coefficient (Wildman–Crippen LogP) is 9.95. The van der Waals surface area contributed by atoms with Crippen molar-refractivity contribution in [3.05, 3.63) is 151 Å². The number of aryl methyl sites for hydroxylation is 1. The van der Waals surface area contributed by atoms with Crippen molar-refractivity contribution in [1.29, 1.82) is 0 Å². The molecule has 0 radical (unpaired) electrons. The lowest BCUT2D eigenvalue weighted by atomic mass is 9.98. The molecule has 0 saturated carbocycles. The maximum atomic E-state index is 2.34. The van der Waals surface area contributed by atoms with Gasteiger partial charge in [-0.25, -0.2) is 0 Å². The van der Waals surface area contributed by atoms with Gasteiger partial charge in [0, 0.05) is 17.1 Å². The molecule has 0 N–H and O–H groups in total. The Labute approximate surface area is 212 Å². The highest BCUT2D eigenvalue weighted by Gasteiger charge is 2.15. The SMILES string of the molecule is Cc1ccccc1N(c1ccc(-c2ccccc2)cc1)c1ccc(-c2cccc3ccccc23)cc1. The first-order valence-electron chi connectivity index (χ1n) is 12.4. The highest BCUT2D eigenvalue weighted by molar-refractivity contribution is 5.97. The summed E-state index contributed by atoms with van der Waals surface area (Å²) in [4.78, 5) is 2.34. The van der Waals surface area contributed by atoms with Gasteiger partial charge in [-0.05, 0) is 75.8 Å². The van der Waals surface area contributed by atoms with Crippen molar-refractivity contribution in [3.8, 4) is 22.3 Å². The van der Waals surface area contributed by atoms with Crippen LogP contribution >= 0.6 is 0 Å². The van der Waals surface area contributed by atoms with Crippen molar-refractivity contribution in [2.75, 3.05) is 4.90 Å². The van der Waals surface area contributed by atoms with Crippen LogP contribution in [0.25, 0.3) is 33.0 Å². The highest BCUT2D eigenvalue weighted by Crippen LogP contribution is 2.38. The first-order valence-corrected chi connectivity index (χ1v) is 12.4. The summed E-state index contributed by atoms with van der Waals surface area (Å²) in [5, 5.41) is 2.54. The van der Waals surface area contributed by atoms with Gasteiger partial charge in [-0.2, -0.15) is 0 Å². The van der Waals surface area contributed by atoms with Crippen LogP contribution in [0, 0.1) is 6.92 Å². The van der Waals surface area contributed by atoms with E-state index in [-0.39, 0.29) is 0 Å². The fraction of sp³-hybridized carbons (Fsp3) is 0.0286. The summed E-state index contributed by atoms with van der Waals surface area (Å²) in [6.45, 7) is 2.17. The van der Waals surface area contributed by atoms with Crippen molar-refractivity contribution in [1.82, 2.24) is 0 Å². The number of fused-ring (bicyclic) bond motifs is 1. The van der Waals surface area contributed by atoms with Crippen LogP contribution in [0.2, 0.25) is 0 Å². The fourth-order valence-electron chi connectivity index (χ4n) is 4.94. The second-order valence-electron chi connectivity index (χ2n) is 9.11. The summed E-state index contributed by atoms with van der Waals surface area (Å²) in [6, 6.07) is 52.0. The molecule has 0 saturated heterocycles. The van der Waals surface area contributed by atoms with Crippen molar-refractivity contribution in [2.45, 2.75) is 6.92 Å². The van der Waals surface area contributed by atoms with Gasteiger partial charge >= 0.3 is 0 Å². The molecule has 0 aliphatic heterocycles. The van der Waals surface area contributed by atoms with E-state index in [2.05, 4.69) is 157 Å². The lowest BCUT2D eigenvalue weighted by Gasteiger charge is -2.27. The Morgan fingerprint density at radius 3 is 1.69 bits per heavy atom. The molecule has 1 nitrogen and oxygen atoms in total. The average Bonchev–Trinajstić information content (AvgIpc) is 2.95. The number of anilines is 3. The summed E-state index contributed by atoms with van der Waals surface area (Å²) >= 11 is 0. The molecule has 6 rings (SSSR count). The maximum Gasteiger partial charge on any atom is 0.0490 e. The molecular weight excluding hydrogens is 434 g/mol. The monoisotopic (exact) mass is 461 g/mol. The maximum absolute atomic E-state index is 2.34. The zero-order valence-electron chi connectivity index (χ0n) is 20.3. The van der Waals surface area contributed by atoms with Gasteiger partial charge < -0.3 is 4.90 Å². The molecule has 0 atom stereocenters. The molecule has 172 valence electrons. The third kappa shape index (κ3) is 4.16. The van der Waals surface area contributed by atoms with Gasteiger partial charge in [-0.3, -0.25) is 0 Å². The molecule has 36 heavy (non-hydrogen) atoms. The normalized spacial score (nSPS) is 10.9. The van der Waals surface area contributed by atoms with Crippen LogP contribution in [0.3, 0.4) is 0 Å². The van der Waals surface area contributed by atoms with E-state index < -0.39 is 0 Å². The van der Waals surface area contributed by atoms with Gasteiger partial charge in [0.25, 0.3) is 0 Å². The van der Waals surface area contributed by atoms with Crippen molar-refractivity contribution < 1.29 is 0 Å². The van der Waals surface area contributed by atoms with Crippen LogP contribution in [0.1, 0.15) is 5.56 Å². The summed E-state index contributed by atoms with van der Waals surface area (Å²) in [5.41, 5.74) is 9.63. The molecule has 0 amide bonds. The van der Waals surface area contributed by atoms with E-state index in [1.807, 2.05) is 0 Å². The van der Waals surface area contributed by atoms with Crippen LogP contribution in [-0.4, -0.2) is 0 Å². The molecule has 0 aliphatic rings. The molecule has 0 heterocycles. The van der Waals surface area contributed by atoms with Gasteiger partial charge in [0.1, 0.15) is 0 Å². The molecule has 6 aromatic carbocycles. The van der Waals surface area contributed by atoms with Crippen LogP contribution in [0.4, 0.5) is 17.1 Å². The molecule has 0 bridgehead atoms. The van der Waals surface area contributed by atoms with E-state index in [0.29, 0.717) is 0 Å². The second-order valence-corrected chi connectivity index (χ2v) is 9.11. The predicted molar refractivity (Wildman–Crippen MR) is 154 cm³/mol. The summed E-state index contributed by atoms with van der Waals surface area (Å²) < 4.78 is 0. The van der Waals surface area contributed by atoms with E-state index in [4.69, 9.17) is 0 Å². The zero-order valence-corrected chi connectivity index (χ0v) is 20.3. The van der Waals surface area contributed by atoms with Crippen molar-refractivity contribution in [2.24, 2.45) is 0 Å². The Balaban J connectivity index is 1.42. The summed E-state index contributed by atoms with van der Waals surface area (Å²) in [5.74, 6) is 0. The number of hydrogen-bond donors (Lipinski definition) is 0. The first-order chi connectivity index (χ1) is 17.8. The molecule has 0 spiro atoms. The van der Waals surface area contributed by atoms with Crippen LogP contribution in [0.5, 0.6) is 0 Å². The Morgan fingerprint density at radius 2 is 0.972 bits per heavy atom. The third-order valence-corrected chi connectivity index (χ3v) is 6.82. The Hall–Kier alpha value is -4.62. The third-order valence-electron chi connectivity index (χ3n) is 6.82. The smallest absolute Gasteiger partial charge is 0.0490 e. The number of hydrogen-bond acceptors (Lipinski definition) is 1. The largest absolute Gasteiger partial charge is 0.310 e. The van der Waals surface area contributed by atoms with Gasteiger partial charge in [-0.15, -0.1) is 0 Å². The summed E-state index contributed by atoms with van der Waals surface area (Å²) in [6.07, 6.45) is 0. The molecule has 1 heteroatoms. The molecular formula is C35H27N. The van der Waals surface area contributed by atoms with Crippen molar-refractivity contribution in [3.63, 3.8) is 0 Å². The number of para-hydroxylation sites is 1. The van der Waals surface area contributed by atoms with E-state index in [9.17, 15) is 0 Å². The van der Waals surface area contributed by atoms with Crippen LogP contribution in [-0.2, 0) is 0 Å². The van der Waals surface area contributed by atoms with Gasteiger partial charge in [0.05, 0.1) is 0 Å². The molecule has 0 aliphatic carbocycles. The lowest BCUT2D eigenvalue weighted by molar-refractivity contribution is 1.25. The average molecular weight is 462 g/mol. The van der Waals surface area contributed by atoms with Crippen LogP contribution < -0.4 is 4.90 Å². The van der Waals surface area contributed by atoms with Crippen LogP contribution in [0.15, 0.2) is 146 Å². The molecule has 0 unspecified atom stereocenters. The van der Waals surface area contributed by atoms with Gasteiger partial charge in [0.2, 0.25) is 0 Å². The minimum Gasteiger partial charge on any atom is -0.310 e. The van der Waals surface area contributed by atoms with Gasteiger partial charge in [-0.1, -0.05) is 115 Å². The molecule has 0 aromatic heterocycles. The van der Waals surface area contributed by atoms with E-state index >= 15 is 0 Å². The topological polar surface area (TPSA) is 3.24 Å². The molecule has 0 fully saturated rings. The first kappa shape index (κ1) is 21.9. The number of nitrogens with zero attached hydrogens (tertiary/aromatic N) is 1. The lowest BCUT2D eigenvalue weighted by Crippen LogP contribution is -2.11. The van der Waals surface area contributed by atoms with E-state index in [1.165, 1.54) is 44.3 Å². The minimum absolute atomic E-state index is 1.14.